The van der Waals surface area contributed by atoms with Crippen molar-refractivity contribution in [3.05, 3.63) is 63.1 Å². The molecule has 28 heavy (non-hydrogen) atoms. The molecule has 5 nitrogen and oxygen atoms in total. The molecule has 0 unspecified atom stereocenters. The van der Waals surface area contributed by atoms with Gasteiger partial charge in [-0.2, -0.15) is 5.10 Å². The molecule has 0 radical (unpaired) electrons. The van der Waals surface area contributed by atoms with Crippen molar-refractivity contribution in [2.75, 3.05) is 13.1 Å². The zero-order valence-corrected chi connectivity index (χ0v) is 16.3. The van der Waals surface area contributed by atoms with Crippen molar-refractivity contribution in [1.29, 1.82) is 0 Å². The predicted octanol–water partition coefficient (Wildman–Crippen LogP) is 3.16. The minimum absolute atomic E-state index is 0.0255. The van der Waals surface area contributed by atoms with Gasteiger partial charge in [0.05, 0.1) is 5.69 Å². The lowest BCUT2D eigenvalue weighted by atomic mass is 9.95. The van der Waals surface area contributed by atoms with Crippen LogP contribution in [0.1, 0.15) is 65.2 Å². The summed E-state index contributed by atoms with van der Waals surface area (Å²) in [5.41, 5.74) is 4.38. The van der Waals surface area contributed by atoms with Crippen molar-refractivity contribution >= 4 is 5.91 Å². The fourth-order valence-electron chi connectivity index (χ4n) is 4.75. The molecule has 1 saturated heterocycles. The highest BCUT2D eigenvalue weighted by Crippen LogP contribution is 2.42. The molecule has 1 aromatic carbocycles. The number of hydrogen-bond acceptors (Lipinski definition) is 3. The Kier molecular flexibility index (Phi) is 4.53. The van der Waals surface area contributed by atoms with Crippen LogP contribution in [-0.2, 0) is 19.4 Å². The van der Waals surface area contributed by atoms with Crippen LogP contribution in [0, 0.1) is 5.92 Å². The molecule has 0 spiro atoms. The summed E-state index contributed by atoms with van der Waals surface area (Å²) in [7, 11) is 0. The fourth-order valence-corrected chi connectivity index (χ4v) is 4.75. The van der Waals surface area contributed by atoms with E-state index in [4.69, 9.17) is 0 Å². The first-order chi connectivity index (χ1) is 13.7. The molecule has 1 amide bonds. The summed E-state index contributed by atoms with van der Waals surface area (Å²) in [6, 6.07) is 9.89. The van der Waals surface area contributed by atoms with E-state index in [1.165, 1.54) is 18.4 Å². The van der Waals surface area contributed by atoms with Crippen LogP contribution in [0.5, 0.6) is 0 Å². The van der Waals surface area contributed by atoms with E-state index >= 15 is 0 Å². The fraction of sp³-hybridized carbons (Fsp3) is 0.522. The number of carbonyl (C=O) groups excluding carboxylic acids is 1. The number of fused-ring (bicyclic) bond motifs is 1. The number of aryl methyl sites for hydroxylation is 2. The summed E-state index contributed by atoms with van der Waals surface area (Å²) < 4.78 is 1.66. The van der Waals surface area contributed by atoms with Gasteiger partial charge in [-0.05, 0) is 74.0 Å². The summed E-state index contributed by atoms with van der Waals surface area (Å²) in [4.78, 5) is 27.4. The average molecular weight is 377 g/mol. The molecular weight excluding hydrogens is 350 g/mol. The third-order valence-electron chi connectivity index (χ3n) is 6.57. The second kappa shape index (κ2) is 7.19. The summed E-state index contributed by atoms with van der Waals surface area (Å²) >= 11 is 0. The standard InChI is InChI=1S/C23H27N3O2/c27-22-14-18-4-3-7-21(18)24-26(22)15-16-10-12-25(13-11-16)23(28)20-6-2-1-5-19(20)17-8-9-17/h1-2,5-6,14,16-17H,3-4,7-13,15H2. The SMILES string of the molecule is O=C(c1ccccc1C1CC1)N1CCC(Cn2nc3c(cc2=O)CCC3)CC1. The maximum atomic E-state index is 13.1. The van der Waals surface area contributed by atoms with Crippen molar-refractivity contribution in [3.8, 4) is 0 Å². The number of amides is 1. The molecule has 0 atom stereocenters. The van der Waals surface area contributed by atoms with Crippen molar-refractivity contribution < 1.29 is 4.79 Å². The average Bonchev–Trinajstić information content (AvgIpc) is 3.48. The second-order valence-electron chi connectivity index (χ2n) is 8.59. The number of piperidine rings is 1. The highest BCUT2D eigenvalue weighted by atomic mass is 16.2. The van der Waals surface area contributed by atoms with Crippen LogP contribution in [0.3, 0.4) is 0 Å². The Labute approximate surface area is 165 Å². The highest BCUT2D eigenvalue weighted by molar-refractivity contribution is 5.96. The summed E-state index contributed by atoms with van der Waals surface area (Å²) in [5, 5.41) is 4.61. The zero-order valence-electron chi connectivity index (χ0n) is 16.3. The molecule has 1 saturated carbocycles. The Morgan fingerprint density at radius 3 is 2.64 bits per heavy atom. The Morgan fingerprint density at radius 2 is 1.86 bits per heavy atom. The first-order valence-electron chi connectivity index (χ1n) is 10.7. The zero-order chi connectivity index (χ0) is 19.1. The molecule has 0 N–H and O–H groups in total. The number of rotatable bonds is 4. The lowest BCUT2D eigenvalue weighted by Crippen LogP contribution is -2.40. The van der Waals surface area contributed by atoms with Crippen LogP contribution in [0.2, 0.25) is 0 Å². The molecule has 2 aromatic rings. The van der Waals surface area contributed by atoms with Crippen molar-refractivity contribution in [1.82, 2.24) is 14.7 Å². The smallest absolute Gasteiger partial charge is 0.267 e. The largest absolute Gasteiger partial charge is 0.339 e. The van der Waals surface area contributed by atoms with Gasteiger partial charge < -0.3 is 4.90 Å². The van der Waals surface area contributed by atoms with E-state index in [0.717, 1.165) is 62.0 Å². The predicted molar refractivity (Wildman–Crippen MR) is 108 cm³/mol. The van der Waals surface area contributed by atoms with Crippen molar-refractivity contribution in [2.45, 2.75) is 57.4 Å². The molecule has 1 aliphatic heterocycles. The van der Waals surface area contributed by atoms with Crippen LogP contribution < -0.4 is 5.56 Å². The molecular formula is C23H27N3O2. The van der Waals surface area contributed by atoms with Gasteiger partial charge in [0.25, 0.3) is 11.5 Å². The molecule has 1 aromatic heterocycles. The summed E-state index contributed by atoms with van der Waals surface area (Å²) in [6.07, 6.45) is 7.35. The van der Waals surface area contributed by atoms with Gasteiger partial charge in [-0.15, -0.1) is 0 Å². The monoisotopic (exact) mass is 377 g/mol. The van der Waals surface area contributed by atoms with Crippen LogP contribution in [0.25, 0.3) is 0 Å². The number of likely N-dealkylation sites (tertiary alicyclic amines) is 1. The van der Waals surface area contributed by atoms with Gasteiger partial charge in [-0.25, -0.2) is 4.68 Å². The summed E-state index contributed by atoms with van der Waals surface area (Å²) in [6.45, 7) is 2.21. The highest BCUT2D eigenvalue weighted by Gasteiger charge is 2.31. The van der Waals surface area contributed by atoms with Gasteiger partial charge in [-0.3, -0.25) is 9.59 Å². The Bertz CT molecular complexity index is 953. The van der Waals surface area contributed by atoms with Crippen LogP contribution in [0.4, 0.5) is 0 Å². The van der Waals surface area contributed by atoms with Gasteiger partial charge in [0.1, 0.15) is 0 Å². The molecule has 5 heteroatoms. The van der Waals surface area contributed by atoms with Crippen molar-refractivity contribution in [2.24, 2.45) is 5.92 Å². The number of hydrogen-bond donors (Lipinski definition) is 0. The van der Waals surface area contributed by atoms with E-state index in [-0.39, 0.29) is 11.5 Å². The quantitative estimate of drug-likeness (QED) is 0.822. The van der Waals surface area contributed by atoms with Crippen LogP contribution in [0.15, 0.2) is 35.1 Å². The number of carbonyl (C=O) groups is 1. The third-order valence-corrected chi connectivity index (χ3v) is 6.57. The number of nitrogens with zero attached hydrogens (tertiary/aromatic N) is 3. The molecule has 0 bridgehead atoms. The first-order valence-corrected chi connectivity index (χ1v) is 10.7. The maximum Gasteiger partial charge on any atom is 0.267 e. The van der Waals surface area contributed by atoms with E-state index in [9.17, 15) is 9.59 Å². The van der Waals surface area contributed by atoms with Gasteiger partial charge in [0.15, 0.2) is 0 Å². The number of aromatic nitrogens is 2. The third kappa shape index (κ3) is 3.38. The topological polar surface area (TPSA) is 55.2 Å². The van der Waals surface area contributed by atoms with Gasteiger partial charge in [-0.1, -0.05) is 18.2 Å². The van der Waals surface area contributed by atoms with Crippen molar-refractivity contribution in [3.63, 3.8) is 0 Å². The normalized spacial score (nSPS) is 19.6. The summed E-state index contributed by atoms with van der Waals surface area (Å²) in [5.74, 6) is 1.16. The molecule has 2 fully saturated rings. The second-order valence-corrected chi connectivity index (χ2v) is 8.59. The first kappa shape index (κ1) is 17.7. The Morgan fingerprint density at radius 1 is 1.07 bits per heavy atom. The van der Waals surface area contributed by atoms with E-state index in [2.05, 4.69) is 11.2 Å². The van der Waals surface area contributed by atoms with Gasteiger partial charge in [0.2, 0.25) is 0 Å². The van der Waals surface area contributed by atoms with E-state index < -0.39 is 0 Å². The Balaban J connectivity index is 1.24. The van der Waals surface area contributed by atoms with Gasteiger partial charge >= 0.3 is 0 Å². The number of benzene rings is 1. The minimum atomic E-state index is 0.0255. The molecule has 5 rings (SSSR count). The van der Waals surface area contributed by atoms with E-state index in [1.54, 1.807) is 10.7 Å². The van der Waals surface area contributed by atoms with Crippen LogP contribution >= 0.6 is 0 Å². The maximum absolute atomic E-state index is 13.1. The molecule has 3 aliphatic rings. The molecule has 2 heterocycles. The van der Waals surface area contributed by atoms with Gasteiger partial charge in [0, 0.05) is 31.3 Å². The minimum Gasteiger partial charge on any atom is -0.339 e. The molecule has 2 aliphatic carbocycles. The lowest BCUT2D eigenvalue weighted by Gasteiger charge is -2.32. The van der Waals surface area contributed by atoms with Crippen LogP contribution in [-0.4, -0.2) is 33.7 Å². The Hall–Kier alpha value is -2.43. The lowest BCUT2D eigenvalue weighted by molar-refractivity contribution is 0.0679. The van der Waals surface area contributed by atoms with E-state index in [1.807, 2.05) is 23.1 Å². The van der Waals surface area contributed by atoms with E-state index in [0.29, 0.717) is 18.4 Å². The molecule has 146 valence electrons.